The fourth-order valence-corrected chi connectivity index (χ4v) is 2.51. The SMILES string of the molecule is O=C(NC1CCC(Cl)CC1)c1c(F)c(F)c(F)c(F)c1F. The highest BCUT2D eigenvalue weighted by Gasteiger charge is 2.31. The Morgan fingerprint density at radius 2 is 1.29 bits per heavy atom. The van der Waals surface area contributed by atoms with Crippen LogP contribution in [0, 0.1) is 29.1 Å². The summed E-state index contributed by atoms with van der Waals surface area (Å²) in [5, 5.41) is 2.24. The summed E-state index contributed by atoms with van der Waals surface area (Å²) >= 11 is 5.87. The number of hydrogen-bond donors (Lipinski definition) is 1. The average Bonchev–Trinajstić information content (AvgIpc) is 2.46. The zero-order valence-electron chi connectivity index (χ0n) is 10.7. The van der Waals surface area contributed by atoms with Crippen LogP contribution in [0.3, 0.4) is 0 Å². The lowest BCUT2D eigenvalue weighted by molar-refractivity contribution is 0.0916. The molecule has 0 spiro atoms. The molecule has 1 amide bonds. The van der Waals surface area contributed by atoms with Gasteiger partial charge in [0, 0.05) is 11.4 Å². The second kappa shape index (κ2) is 6.17. The first kappa shape index (κ1) is 16.0. The number of amides is 1. The minimum atomic E-state index is -2.29. The van der Waals surface area contributed by atoms with Gasteiger partial charge >= 0.3 is 0 Å². The fraction of sp³-hybridized carbons (Fsp3) is 0.462. The minimum Gasteiger partial charge on any atom is -0.349 e. The normalized spacial score (nSPS) is 22.2. The Morgan fingerprint density at radius 3 is 1.76 bits per heavy atom. The molecule has 0 aromatic heterocycles. The maximum atomic E-state index is 13.5. The maximum absolute atomic E-state index is 13.5. The third-order valence-electron chi connectivity index (χ3n) is 3.43. The van der Waals surface area contributed by atoms with Crippen LogP contribution in [-0.2, 0) is 0 Å². The number of halogens is 6. The number of carbonyl (C=O) groups is 1. The Morgan fingerprint density at radius 1 is 0.857 bits per heavy atom. The van der Waals surface area contributed by atoms with Crippen LogP contribution < -0.4 is 5.32 Å². The van der Waals surface area contributed by atoms with Gasteiger partial charge in [0.2, 0.25) is 5.82 Å². The van der Waals surface area contributed by atoms with E-state index in [1.54, 1.807) is 0 Å². The molecule has 1 aromatic carbocycles. The van der Waals surface area contributed by atoms with Gasteiger partial charge in [-0.2, -0.15) is 0 Å². The van der Waals surface area contributed by atoms with Crippen molar-refractivity contribution in [2.45, 2.75) is 37.1 Å². The molecule has 0 aliphatic heterocycles. The quantitative estimate of drug-likeness (QED) is 0.382. The summed E-state index contributed by atoms with van der Waals surface area (Å²) in [5.41, 5.74) is -1.46. The molecular formula is C13H11ClF5NO. The van der Waals surface area contributed by atoms with E-state index in [-0.39, 0.29) is 5.38 Å². The van der Waals surface area contributed by atoms with Gasteiger partial charge in [0.15, 0.2) is 23.3 Å². The molecule has 0 atom stereocenters. The largest absolute Gasteiger partial charge is 0.349 e. The predicted octanol–water partition coefficient (Wildman–Crippen LogP) is 3.66. The third-order valence-corrected chi connectivity index (χ3v) is 3.87. The van der Waals surface area contributed by atoms with E-state index in [9.17, 15) is 26.7 Å². The summed E-state index contributed by atoms with van der Waals surface area (Å²) in [6.07, 6.45) is 2.16. The molecule has 0 saturated heterocycles. The first-order valence-electron chi connectivity index (χ1n) is 6.29. The van der Waals surface area contributed by atoms with E-state index in [2.05, 4.69) is 5.32 Å². The van der Waals surface area contributed by atoms with Crippen LogP contribution in [0.1, 0.15) is 36.0 Å². The van der Waals surface area contributed by atoms with Crippen molar-refractivity contribution >= 4 is 17.5 Å². The Bertz CT molecular complexity index is 543. The number of nitrogens with one attached hydrogen (secondary N) is 1. The monoisotopic (exact) mass is 327 g/mol. The van der Waals surface area contributed by atoms with Crippen LogP contribution in [0.15, 0.2) is 0 Å². The van der Waals surface area contributed by atoms with Crippen molar-refractivity contribution in [1.29, 1.82) is 0 Å². The van der Waals surface area contributed by atoms with Crippen LogP contribution in [0.5, 0.6) is 0 Å². The number of benzene rings is 1. The van der Waals surface area contributed by atoms with E-state index in [0.717, 1.165) is 0 Å². The maximum Gasteiger partial charge on any atom is 0.257 e. The van der Waals surface area contributed by atoms with Crippen LogP contribution >= 0.6 is 11.6 Å². The standard InChI is InChI=1S/C13H11ClF5NO/c14-5-1-3-6(4-2-5)20-13(21)7-8(15)10(17)12(19)11(18)9(7)16/h5-6H,1-4H2,(H,20,21). The van der Waals surface area contributed by atoms with Gasteiger partial charge in [0.25, 0.3) is 5.91 Å². The summed E-state index contributed by atoms with van der Waals surface area (Å²) in [6, 6.07) is -0.400. The van der Waals surface area contributed by atoms with Gasteiger partial charge in [-0.05, 0) is 25.7 Å². The number of alkyl halides is 1. The highest BCUT2D eigenvalue weighted by molar-refractivity contribution is 6.20. The molecule has 0 heterocycles. The van der Waals surface area contributed by atoms with Gasteiger partial charge in [-0.3, -0.25) is 4.79 Å². The van der Waals surface area contributed by atoms with E-state index in [1.165, 1.54) is 0 Å². The van der Waals surface area contributed by atoms with E-state index >= 15 is 0 Å². The number of carbonyl (C=O) groups excluding carboxylic acids is 1. The number of rotatable bonds is 2. The van der Waals surface area contributed by atoms with Gasteiger partial charge in [0.1, 0.15) is 5.56 Å². The molecule has 0 unspecified atom stereocenters. The topological polar surface area (TPSA) is 29.1 Å². The molecule has 116 valence electrons. The lowest BCUT2D eigenvalue weighted by Gasteiger charge is -2.26. The first-order chi connectivity index (χ1) is 9.82. The molecule has 1 aromatic rings. The second-order valence-corrected chi connectivity index (χ2v) is 5.48. The first-order valence-corrected chi connectivity index (χ1v) is 6.73. The third kappa shape index (κ3) is 3.12. The average molecular weight is 328 g/mol. The molecule has 2 rings (SSSR count). The molecule has 1 aliphatic rings. The van der Waals surface area contributed by atoms with E-state index in [1.807, 2.05) is 0 Å². The van der Waals surface area contributed by atoms with Gasteiger partial charge < -0.3 is 5.32 Å². The van der Waals surface area contributed by atoms with Crippen LogP contribution in [0.4, 0.5) is 22.0 Å². The molecule has 0 bridgehead atoms. The summed E-state index contributed by atoms with van der Waals surface area (Å²) in [4.78, 5) is 11.8. The molecule has 1 N–H and O–H groups in total. The van der Waals surface area contributed by atoms with E-state index < -0.39 is 46.6 Å². The zero-order chi connectivity index (χ0) is 15.7. The van der Waals surface area contributed by atoms with Gasteiger partial charge in [0.05, 0.1) is 0 Å². The molecule has 1 saturated carbocycles. The summed E-state index contributed by atoms with van der Waals surface area (Å²) in [6.45, 7) is 0. The van der Waals surface area contributed by atoms with E-state index in [4.69, 9.17) is 11.6 Å². The van der Waals surface area contributed by atoms with Crippen LogP contribution in [0.2, 0.25) is 0 Å². The highest BCUT2D eigenvalue weighted by atomic mass is 35.5. The number of hydrogen-bond acceptors (Lipinski definition) is 1. The Kier molecular flexibility index (Phi) is 4.70. The summed E-state index contributed by atoms with van der Waals surface area (Å²) < 4.78 is 65.9. The summed E-state index contributed by atoms with van der Waals surface area (Å²) in [7, 11) is 0. The Hall–Kier alpha value is -1.37. The molecule has 1 aliphatic carbocycles. The Labute approximate surface area is 122 Å². The van der Waals surface area contributed by atoms with Gasteiger partial charge in [-0.25, -0.2) is 22.0 Å². The molecule has 0 radical (unpaired) electrons. The van der Waals surface area contributed by atoms with Crippen molar-refractivity contribution in [3.63, 3.8) is 0 Å². The molecule has 8 heteroatoms. The minimum absolute atomic E-state index is 0.0349. The van der Waals surface area contributed by atoms with Crippen molar-refractivity contribution in [2.75, 3.05) is 0 Å². The molecule has 21 heavy (non-hydrogen) atoms. The Balaban J connectivity index is 2.24. The van der Waals surface area contributed by atoms with Crippen LogP contribution in [0.25, 0.3) is 0 Å². The smallest absolute Gasteiger partial charge is 0.257 e. The van der Waals surface area contributed by atoms with Crippen molar-refractivity contribution in [3.8, 4) is 0 Å². The van der Waals surface area contributed by atoms with Crippen LogP contribution in [-0.4, -0.2) is 17.3 Å². The summed E-state index contributed by atoms with van der Waals surface area (Å²) in [5.74, 6) is -12.1. The van der Waals surface area contributed by atoms with E-state index in [0.29, 0.717) is 25.7 Å². The van der Waals surface area contributed by atoms with Crippen molar-refractivity contribution in [3.05, 3.63) is 34.6 Å². The van der Waals surface area contributed by atoms with Crippen molar-refractivity contribution in [2.24, 2.45) is 0 Å². The lowest BCUT2D eigenvalue weighted by Crippen LogP contribution is -2.39. The fourth-order valence-electron chi connectivity index (χ4n) is 2.26. The van der Waals surface area contributed by atoms with Gasteiger partial charge in [-0.15, -0.1) is 11.6 Å². The lowest BCUT2D eigenvalue weighted by atomic mass is 9.94. The van der Waals surface area contributed by atoms with Crippen molar-refractivity contribution < 1.29 is 26.7 Å². The molecular weight excluding hydrogens is 317 g/mol. The molecule has 1 fully saturated rings. The molecule has 2 nitrogen and oxygen atoms in total. The second-order valence-electron chi connectivity index (χ2n) is 4.87. The zero-order valence-corrected chi connectivity index (χ0v) is 11.4. The highest BCUT2D eigenvalue weighted by Crippen LogP contribution is 2.25. The predicted molar refractivity (Wildman–Crippen MR) is 65.6 cm³/mol. The van der Waals surface area contributed by atoms with Gasteiger partial charge in [-0.1, -0.05) is 0 Å². The van der Waals surface area contributed by atoms with Crippen molar-refractivity contribution in [1.82, 2.24) is 5.32 Å².